The lowest BCUT2D eigenvalue weighted by Crippen LogP contribution is -1.99. The summed E-state index contributed by atoms with van der Waals surface area (Å²) in [4.78, 5) is 0. The average molecular weight is 270 g/mol. The number of hydrogen-bond acceptors (Lipinski definition) is 3. The molecule has 0 unspecified atom stereocenters. The fraction of sp³-hybridized carbons (Fsp3) is 0.364. The lowest BCUT2D eigenvalue weighted by atomic mass is 10.2. The first-order chi connectivity index (χ1) is 7.22. The van der Waals surface area contributed by atoms with Crippen LogP contribution in [-0.4, -0.2) is 13.2 Å². The van der Waals surface area contributed by atoms with Crippen molar-refractivity contribution in [3.05, 3.63) is 22.2 Å². The van der Waals surface area contributed by atoms with Crippen LogP contribution in [0.2, 0.25) is 0 Å². The molecule has 0 aliphatic rings. The Morgan fingerprint density at radius 2 is 1.73 bits per heavy atom. The maximum atomic E-state index is 8.86. The molecule has 0 saturated carbocycles. The Kier molecular flexibility index (Phi) is 4.44. The standard InChI is InChI=1S/C11H12BrNO2/c1-3-14-10-5-8(7-13)9(12)6-11(10)15-4-2/h5-6H,3-4H2,1-2H3. The molecule has 3 nitrogen and oxygen atoms in total. The molecule has 80 valence electrons. The van der Waals surface area contributed by atoms with Crippen LogP contribution >= 0.6 is 15.9 Å². The fourth-order valence-corrected chi connectivity index (χ4v) is 1.57. The quantitative estimate of drug-likeness (QED) is 0.844. The second-order valence-corrected chi connectivity index (χ2v) is 3.61. The third kappa shape index (κ3) is 2.87. The van der Waals surface area contributed by atoms with Gasteiger partial charge < -0.3 is 9.47 Å². The molecule has 0 heterocycles. The Hall–Kier alpha value is -1.21. The number of hydrogen-bond donors (Lipinski definition) is 0. The molecule has 0 aliphatic heterocycles. The Labute approximate surface area is 97.7 Å². The molecule has 0 aromatic heterocycles. The van der Waals surface area contributed by atoms with Crippen LogP contribution in [0.25, 0.3) is 0 Å². The van der Waals surface area contributed by atoms with Gasteiger partial charge in [-0.3, -0.25) is 0 Å². The topological polar surface area (TPSA) is 42.2 Å². The summed E-state index contributed by atoms with van der Waals surface area (Å²) in [6.45, 7) is 4.91. The minimum atomic E-state index is 0.543. The number of nitrogens with zero attached hydrogens (tertiary/aromatic N) is 1. The van der Waals surface area contributed by atoms with Gasteiger partial charge in [-0.15, -0.1) is 0 Å². The monoisotopic (exact) mass is 269 g/mol. The third-order valence-electron chi connectivity index (χ3n) is 1.75. The van der Waals surface area contributed by atoms with Crippen LogP contribution in [0.3, 0.4) is 0 Å². The Morgan fingerprint density at radius 3 is 2.20 bits per heavy atom. The van der Waals surface area contributed by atoms with Crippen LogP contribution in [-0.2, 0) is 0 Å². The van der Waals surface area contributed by atoms with Gasteiger partial charge in [0.05, 0.1) is 18.8 Å². The first-order valence-electron chi connectivity index (χ1n) is 4.72. The molecule has 15 heavy (non-hydrogen) atoms. The van der Waals surface area contributed by atoms with E-state index in [2.05, 4.69) is 22.0 Å². The number of ether oxygens (including phenoxy) is 2. The number of halogens is 1. The van der Waals surface area contributed by atoms with Gasteiger partial charge in [-0.25, -0.2) is 0 Å². The summed E-state index contributed by atoms with van der Waals surface area (Å²) >= 11 is 3.30. The maximum absolute atomic E-state index is 8.86. The van der Waals surface area contributed by atoms with Gasteiger partial charge >= 0.3 is 0 Å². The minimum Gasteiger partial charge on any atom is -0.490 e. The Bertz CT molecular complexity index is 385. The van der Waals surface area contributed by atoms with Crippen LogP contribution in [0.5, 0.6) is 11.5 Å². The van der Waals surface area contributed by atoms with Crippen LogP contribution in [0.15, 0.2) is 16.6 Å². The van der Waals surface area contributed by atoms with E-state index in [1.807, 2.05) is 13.8 Å². The van der Waals surface area contributed by atoms with E-state index in [0.29, 0.717) is 30.3 Å². The molecule has 0 aliphatic carbocycles. The van der Waals surface area contributed by atoms with Crippen LogP contribution < -0.4 is 9.47 Å². The van der Waals surface area contributed by atoms with Gasteiger partial charge in [0, 0.05) is 10.5 Å². The highest BCUT2D eigenvalue weighted by atomic mass is 79.9. The molecule has 0 bridgehead atoms. The van der Waals surface area contributed by atoms with Gasteiger partial charge in [0.1, 0.15) is 6.07 Å². The summed E-state index contributed by atoms with van der Waals surface area (Å²) in [6, 6.07) is 5.52. The molecule has 1 aromatic carbocycles. The van der Waals surface area contributed by atoms with Crippen molar-refractivity contribution < 1.29 is 9.47 Å². The first-order valence-corrected chi connectivity index (χ1v) is 5.51. The van der Waals surface area contributed by atoms with Gasteiger partial charge in [-0.2, -0.15) is 5.26 Å². The second kappa shape index (κ2) is 5.62. The summed E-state index contributed by atoms with van der Waals surface area (Å²) in [7, 11) is 0. The van der Waals surface area contributed by atoms with Crippen LogP contribution in [0, 0.1) is 11.3 Å². The molecule has 4 heteroatoms. The van der Waals surface area contributed by atoms with Crippen molar-refractivity contribution in [1.82, 2.24) is 0 Å². The Balaban J connectivity index is 3.14. The van der Waals surface area contributed by atoms with E-state index >= 15 is 0 Å². The van der Waals surface area contributed by atoms with Gasteiger partial charge in [0.25, 0.3) is 0 Å². The van der Waals surface area contributed by atoms with Crippen molar-refractivity contribution in [3.8, 4) is 17.6 Å². The molecule has 0 saturated heterocycles. The highest BCUT2D eigenvalue weighted by molar-refractivity contribution is 9.10. The maximum Gasteiger partial charge on any atom is 0.162 e. The molecule has 0 radical (unpaired) electrons. The van der Waals surface area contributed by atoms with Crippen molar-refractivity contribution >= 4 is 15.9 Å². The summed E-state index contributed by atoms with van der Waals surface area (Å²) < 4.78 is 11.5. The van der Waals surface area contributed by atoms with Crippen molar-refractivity contribution in [3.63, 3.8) is 0 Å². The number of nitriles is 1. The van der Waals surface area contributed by atoms with Crippen LogP contribution in [0.1, 0.15) is 19.4 Å². The molecule has 0 N–H and O–H groups in total. The van der Waals surface area contributed by atoms with Crippen molar-refractivity contribution in [2.75, 3.05) is 13.2 Å². The lowest BCUT2D eigenvalue weighted by molar-refractivity contribution is 0.287. The molecule has 1 rings (SSSR count). The third-order valence-corrected chi connectivity index (χ3v) is 2.41. The summed E-state index contributed by atoms with van der Waals surface area (Å²) in [5.41, 5.74) is 0.543. The molecule has 0 amide bonds. The normalized spacial score (nSPS) is 9.47. The zero-order valence-electron chi connectivity index (χ0n) is 8.71. The summed E-state index contributed by atoms with van der Waals surface area (Å²) in [5.74, 6) is 1.27. The van der Waals surface area contributed by atoms with E-state index in [0.717, 1.165) is 4.47 Å². The Morgan fingerprint density at radius 1 is 1.20 bits per heavy atom. The van der Waals surface area contributed by atoms with Crippen molar-refractivity contribution in [2.45, 2.75) is 13.8 Å². The van der Waals surface area contributed by atoms with Gasteiger partial charge in [-0.05, 0) is 35.8 Å². The van der Waals surface area contributed by atoms with Crippen molar-refractivity contribution in [2.24, 2.45) is 0 Å². The predicted molar refractivity (Wildman–Crippen MR) is 61.2 cm³/mol. The van der Waals surface area contributed by atoms with E-state index < -0.39 is 0 Å². The molecule has 0 fully saturated rings. The zero-order chi connectivity index (χ0) is 11.3. The number of rotatable bonds is 4. The average Bonchev–Trinajstić information content (AvgIpc) is 2.22. The summed E-state index contributed by atoms with van der Waals surface area (Å²) in [6.07, 6.45) is 0. The molecule has 0 spiro atoms. The first kappa shape index (κ1) is 11.9. The smallest absolute Gasteiger partial charge is 0.162 e. The highest BCUT2D eigenvalue weighted by Gasteiger charge is 2.09. The number of benzene rings is 1. The SMILES string of the molecule is CCOc1cc(Br)c(C#N)cc1OCC. The van der Waals surface area contributed by atoms with Crippen LogP contribution in [0.4, 0.5) is 0 Å². The molecular formula is C11H12BrNO2. The van der Waals surface area contributed by atoms with E-state index in [1.54, 1.807) is 12.1 Å². The minimum absolute atomic E-state index is 0.543. The second-order valence-electron chi connectivity index (χ2n) is 2.76. The fourth-order valence-electron chi connectivity index (χ4n) is 1.16. The zero-order valence-corrected chi connectivity index (χ0v) is 10.3. The van der Waals surface area contributed by atoms with Gasteiger partial charge in [0.15, 0.2) is 11.5 Å². The molecule has 0 atom stereocenters. The predicted octanol–water partition coefficient (Wildman–Crippen LogP) is 3.12. The molecular weight excluding hydrogens is 258 g/mol. The van der Waals surface area contributed by atoms with Crippen molar-refractivity contribution in [1.29, 1.82) is 5.26 Å². The van der Waals surface area contributed by atoms with Gasteiger partial charge in [-0.1, -0.05) is 0 Å². The van der Waals surface area contributed by atoms with E-state index in [4.69, 9.17) is 14.7 Å². The van der Waals surface area contributed by atoms with Gasteiger partial charge in [0.2, 0.25) is 0 Å². The van der Waals surface area contributed by atoms with E-state index in [-0.39, 0.29) is 0 Å². The van der Waals surface area contributed by atoms with E-state index in [1.165, 1.54) is 0 Å². The highest BCUT2D eigenvalue weighted by Crippen LogP contribution is 2.33. The molecule has 1 aromatic rings. The van der Waals surface area contributed by atoms with E-state index in [9.17, 15) is 0 Å². The lowest BCUT2D eigenvalue weighted by Gasteiger charge is -2.11. The largest absolute Gasteiger partial charge is 0.490 e. The summed E-state index contributed by atoms with van der Waals surface area (Å²) in [5, 5.41) is 8.86.